The van der Waals surface area contributed by atoms with Crippen molar-refractivity contribution < 1.29 is 9.47 Å². The third-order valence-electron chi connectivity index (χ3n) is 2.98. The van der Waals surface area contributed by atoms with Gasteiger partial charge in [0.1, 0.15) is 13.2 Å². The molecule has 22 heavy (non-hydrogen) atoms. The first-order valence-electron chi connectivity index (χ1n) is 6.54. The van der Waals surface area contributed by atoms with Gasteiger partial charge in [-0.2, -0.15) is 0 Å². The molecule has 1 aliphatic heterocycles. The lowest BCUT2D eigenvalue weighted by Crippen LogP contribution is -2.20. The Morgan fingerprint density at radius 3 is 2.23 bits per heavy atom. The van der Waals surface area contributed by atoms with Crippen LogP contribution in [0.1, 0.15) is 0 Å². The van der Waals surface area contributed by atoms with E-state index >= 15 is 0 Å². The fourth-order valence-corrected chi connectivity index (χ4v) is 2.52. The third-order valence-corrected chi connectivity index (χ3v) is 3.92. The Morgan fingerprint density at radius 2 is 1.50 bits per heavy atom. The van der Waals surface area contributed by atoms with E-state index in [4.69, 9.17) is 44.9 Å². The first kappa shape index (κ1) is 15.2. The Labute approximate surface area is 143 Å². The molecule has 0 bridgehead atoms. The van der Waals surface area contributed by atoms with Crippen LogP contribution >= 0.6 is 35.4 Å². The summed E-state index contributed by atoms with van der Waals surface area (Å²) in [6.07, 6.45) is 0. The molecule has 0 amide bonds. The second-order valence-corrected chi connectivity index (χ2v) is 5.79. The van der Waals surface area contributed by atoms with Crippen molar-refractivity contribution in [3.8, 4) is 11.5 Å². The average Bonchev–Trinajstić information content (AvgIpc) is 2.51. The van der Waals surface area contributed by atoms with E-state index in [1.165, 1.54) is 0 Å². The number of hydrogen-bond acceptors (Lipinski definition) is 3. The number of nitrogens with one attached hydrogen (secondary N) is 2. The average molecular weight is 355 g/mol. The molecule has 0 saturated heterocycles. The first-order chi connectivity index (χ1) is 10.6. The van der Waals surface area contributed by atoms with Crippen molar-refractivity contribution in [3.63, 3.8) is 0 Å². The molecular weight excluding hydrogens is 343 g/mol. The summed E-state index contributed by atoms with van der Waals surface area (Å²) in [7, 11) is 0. The SMILES string of the molecule is S=C(Nc1ccc(Cl)c(Cl)c1)Nc1ccc2c(c1)OCCO2. The third kappa shape index (κ3) is 3.55. The molecule has 2 aromatic rings. The van der Waals surface area contributed by atoms with Gasteiger partial charge in [0.25, 0.3) is 0 Å². The molecule has 7 heteroatoms. The predicted octanol–water partition coefficient (Wildman–Crippen LogP) is 4.57. The van der Waals surface area contributed by atoms with Crippen molar-refractivity contribution in [1.29, 1.82) is 0 Å². The summed E-state index contributed by atoms with van der Waals surface area (Å²) in [5.74, 6) is 1.44. The van der Waals surface area contributed by atoms with Crippen molar-refractivity contribution in [2.75, 3.05) is 23.8 Å². The lowest BCUT2D eigenvalue weighted by atomic mass is 10.2. The quantitative estimate of drug-likeness (QED) is 0.773. The molecule has 0 radical (unpaired) electrons. The second-order valence-electron chi connectivity index (χ2n) is 4.57. The highest BCUT2D eigenvalue weighted by Gasteiger charge is 2.12. The summed E-state index contributed by atoms with van der Waals surface area (Å²) in [5, 5.41) is 7.53. The zero-order valence-electron chi connectivity index (χ0n) is 11.4. The molecule has 1 aliphatic rings. The van der Waals surface area contributed by atoms with Gasteiger partial charge in [-0.15, -0.1) is 0 Å². The normalized spacial score (nSPS) is 12.6. The van der Waals surface area contributed by atoms with E-state index in [2.05, 4.69) is 10.6 Å². The van der Waals surface area contributed by atoms with Crippen LogP contribution in [0.2, 0.25) is 10.0 Å². The molecule has 2 aromatic carbocycles. The molecule has 3 rings (SSSR count). The molecule has 0 unspecified atom stereocenters. The minimum atomic E-state index is 0.440. The van der Waals surface area contributed by atoms with Gasteiger partial charge in [-0.25, -0.2) is 0 Å². The number of fused-ring (bicyclic) bond motifs is 1. The van der Waals surface area contributed by atoms with E-state index in [0.29, 0.717) is 34.1 Å². The number of rotatable bonds is 2. The summed E-state index contributed by atoms with van der Waals surface area (Å²) in [6.45, 7) is 1.11. The van der Waals surface area contributed by atoms with Crippen LogP contribution in [0.5, 0.6) is 11.5 Å². The zero-order chi connectivity index (χ0) is 15.5. The summed E-state index contributed by atoms with van der Waals surface area (Å²) in [5.41, 5.74) is 1.56. The Morgan fingerprint density at radius 1 is 0.864 bits per heavy atom. The topological polar surface area (TPSA) is 42.5 Å². The summed E-state index contributed by atoms with van der Waals surface area (Å²) in [4.78, 5) is 0. The van der Waals surface area contributed by atoms with Gasteiger partial charge in [-0.1, -0.05) is 23.2 Å². The maximum atomic E-state index is 5.97. The Balaban J connectivity index is 1.67. The summed E-state index contributed by atoms with van der Waals surface area (Å²) in [6, 6.07) is 10.8. The number of hydrogen-bond donors (Lipinski definition) is 2. The Bertz CT molecular complexity index is 725. The maximum absolute atomic E-state index is 5.97. The van der Waals surface area contributed by atoms with Crippen molar-refractivity contribution in [2.45, 2.75) is 0 Å². The van der Waals surface area contributed by atoms with Crippen molar-refractivity contribution in [1.82, 2.24) is 0 Å². The minimum Gasteiger partial charge on any atom is -0.486 e. The Kier molecular flexibility index (Phi) is 4.57. The maximum Gasteiger partial charge on any atom is 0.175 e. The molecule has 2 N–H and O–H groups in total. The number of thiocarbonyl (C=S) groups is 1. The number of ether oxygens (including phenoxy) is 2. The fraction of sp³-hybridized carbons (Fsp3) is 0.133. The zero-order valence-corrected chi connectivity index (χ0v) is 13.7. The highest BCUT2D eigenvalue weighted by Crippen LogP contribution is 2.32. The van der Waals surface area contributed by atoms with Gasteiger partial charge in [0.15, 0.2) is 16.6 Å². The van der Waals surface area contributed by atoms with Crippen LogP contribution in [0.15, 0.2) is 36.4 Å². The number of anilines is 2. The van der Waals surface area contributed by atoms with Crippen LogP contribution < -0.4 is 20.1 Å². The van der Waals surface area contributed by atoms with Gasteiger partial charge >= 0.3 is 0 Å². The monoisotopic (exact) mass is 354 g/mol. The second kappa shape index (κ2) is 6.60. The van der Waals surface area contributed by atoms with E-state index in [0.717, 1.165) is 17.1 Å². The fourth-order valence-electron chi connectivity index (χ4n) is 1.99. The molecule has 0 saturated carbocycles. The molecule has 0 aliphatic carbocycles. The highest BCUT2D eigenvalue weighted by molar-refractivity contribution is 7.80. The number of halogens is 2. The molecule has 114 valence electrons. The van der Waals surface area contributed by atoms with Gasteiger partial charge in [0.05, 0.1) is 10.0 Å². The van der Waals surface area contributed by atoms with Gasteiger partial charge in [-0.05, 0) is 42.5 Å². The van der Waals surface area contributed by atoms with Gasteiger partial charge in [-0.3, -0.25) is 0 Å². The highest BCUT2D eigenvalue weighted by atomic mass is 35.5. The van der Waals surface area contributed by atoms with Crippen molar-refractivity contribution >= 4 is 51.9 Å². The van der Waals surface area contributed by atoms with E-state index in [9.17, 15) is 0 Å². The molecular formula is C15H12Cl2N2O2S. The van der Waals surface area contributed by atoms with Crippen LogP contribution in [-0.2, 0) is 0 Å². The lowest BCUT2D eigenvalue weighted by molar-refractivity contribution is 0.171. The minimum absolute atomic E-state index is 0.440. The molecule has 0 fully saturated rings. The van der Waals surface area contributed by atoms with Gasteiger partial charge in [0, 0.05) is 17.4 Å². The van der Waals surface area contributed by atoms with Crippen LogP contribution in [-0.4, -0.2) is 18.3 Å². The van der Waals surface area contributed by atoms with Gasteiger partial charge in [0.2, 0.25) is 0 Å². The predicted molar refractivity (Wildman–Crippen MR) is 93.7 cm³/mol. The summed E-state index contributed by atoms with van der Waals surface area (Å²) < 4.78 is 11.0. The van der Waals surface area contributed by atoms with Crippen molar-refractivity contribution in [3.05, 3.63) is 46.4 Å². The molecule has 4 nitrogen and oxygen atoms in total. The van der Waals surface area contributed by atoms with Crippen LogP contribution in [0.4, 0.5) is 11.4 Å². The molecule has 0 spiro atoms. The summed E-state index contributed by atoms with van der Waals surface area (Å²) >= 11 is 17.1. The largest absolute Gasteiger partial charge is 0.486 e. The van der Waals surface area contributed by atoms with Crippen LogP contribution in [0.25, 0.3) is 0 Å². The molecule has 0 aromatic heterocycles. The molecule has 1 heterocycles. The van der Waals surface area contributed by atoms with Crippen molar-refractivity contribution in [2.24, 2.45) is 0 Å². The van der Waals surface area contributed by atoms with E-state index < -0.39 is 0 Å². The van der Waals surface area contributed by atoms with E-state index in [1.807, 2.05) is 18.2 Å². The Hall–Kier alpha value is -1.69. The standard InChI is InChI=1S/C15H12Cl2N2O2S/c16-11-3-1-9(7-12(11)17)18-15(22)19-10-2-4-13-14(8-10)21-6-5-20-13/h1-4,7-8H,5-6H2,(H2,18,19,22). The number of benzene rings is 2. The first-order valence-corrected chi connectivity index (χ1v) is 7.71. The lowest BCUT2D eigenvalue weighted by Gasteiger charge is -2.19. The smallest absolute Gasteiger partial charge is 0.175 e. The van der Waals surface area contributed by atoms with Crippen LogP contribution in [0, 0.1) is 0 Å². The van der Waals surface area contributed by atoms with Crippen LogP contribution in [0.3, 0.4) is 0 Å². The van der Waals surface area contributed by atoms with E-state index in [1.54, 1.807) is 18.2 Å². The molecule has 0 atom stereocenters. The van der Waals surface area contributed by atoms with Gasteiger partial charge < -0.3 is 20.1 Å². The van der Waals surface area contributed by atoms with E-state index in [-0.39, 0.29) is 0 Å².